The standard InChI is InChI=1S/C22H24F2N2O4/c1-2-26(13-16-14-29-19-6-3-4-7-20(19)30-16)21(27)8-5-11-25-22(28)17-10-9-15(23)12-18(17)24/h3-4,6-7,9-10,12,16H,2,5,8,11,13-14H2,1H3,(H,25,28). The van der Waals surface area contributed by atoms with Gasteiger partial charge in [0.2, 0.25) is 5.91 Å². The second-order valence-electron chi connectivity index (χ2n) is 6.91. The maximum absolute atomic E-state index is 13.6. The van der Waals surface area contributed by atoms with Crippen LogP contribution in [0.4, 0.5) is 8.78 Å². The van der Waals surface area contributed by atoms with Gasteiger partial charge in [0.1, 0.15) is 18.2 Å². The van der Waals surface area contributed by atoms with Gasteiger partial charge in [-0.2, -0.15) is 0 Å². The van der Waals surface area contributed by atoms with Crippen molar-refractivity contribution in [2.45, 2.75) is 25.9 Å². The number of likely N-dealkylation sites (N-methyl/N-ethyl adjacent to an activating group) is 1. The number of rotatable bonds is 8. The highest BCUT2D eigenvalue weighted by Gasteiger charge is 2.24. The van der Waals surface area contributed by atoms with Crippen LogP contribution in [0, 0.1) is 11.6 Å². The summed E-state index contributed by atoms with van der Waals surface area (Å²) in [6, 6.07) is 10.2. The Morgan fingerprint density at radius 1 is 1.17 bits per heavy atom. The molecule has 2 aromatic carbocycles. The molecule has 2 amide bonds. The molecule has 0 aliphatic carbocycles. The smallest absolute Gasteiger partial charge is 0.254 e. The zero-order valence-corrected chi connectivity index (χ0v) is 16.7. The van der Waals surface area contributed by atoms with Gasteiger partial charge in [0.05, 0.1) is 12.1 Å². The number of hydrogen-bond acceptors (Lipinski definition) is 4. The van der Waals surface area contributed by atoms with Gasteiger partial charge in [0, 0.05) is 25.6 Å². The van der Waals surface area contributed by atoms with Crippen LogP contribution >= 0.6 is 0 Å². The summed E-state index contributed by atoms with van der Waals surface area (Å²) in [5.41, 5.74) is -0.229. The molecule has 6 nitrogen and oxygen atoms in total. The first-order chi connectivity index (χ1) is 14.5. The molecule has 160 valence electrons. The lowest BCUT2D eigenvalue weighted by atomic mass is 10.2. The molecule has 0 radical (unpaired) electrons. The van der Waals surface area contributed by atoms with E-state index in [0.717, 1.165) is 12.1 Å². The highest BCUT2D eigenvalue weighted by Crippen LogP contribution is 2.31. The number of nitrogens with zero attached hydrogens (tertiary/aromatic N) is 1. The molecule has 0 bridgehead atoms. The summed E-state index contributed by atoms with van der Waals surface area (Å²) in [5, 5.41) is 2.55. The van der Waals surface area contributed by atoms with E-state index in [1.807, 2.05) is 31.2 Å². The molecular weight excluding hydrogens is 394 g/mol. The van der Waals surface area contributed by atoms with Crippen molar-refractivity contribution >= 4 is 11.8 Å². The molecular formula is C22H24F2N2O4. The second kappa shape index (κ2) is 10.0. The van der Waals surface area contributed by atoms with Crippen molar-refractivity contribution in [3.05, 3.63) is 59.7 Å². The lowest BCUT2D eigenvalue weighted by Gasteiger charge is -2.31. The van der Waals surface area contributed by atoms with Crippen LogP contribution in [0.1, 0.15) is 30.1 Å². The molecule has 1 unspecified atom stereocenters. The van der Waals surface area contributed by atoms with Crippen LogP contribution in [0.3, 0.4) is 0 Å². The predicted molar refractivity (Wildman–Crippen MR) is 107 cm³/mol. The minimum absolute atomic E-state index is 0.0674. The lowest BCUT2D eigenvalue weighted by Crippen LogP contribution is -2.43. The van der Waals surface area contributed by atoms with Gasteiger partial charge in [-0.25, -0.2) is 8.78 Å². The maximum atomic E-state index is 13.6. The molecule has 0 aromatic heterocycles. The lowest BCUT2D eigenvalue weighted by molar-refractivity contribution is -0.132. The Bertz CT molecular complexity index is 906. The summed E-state index contributed by atoms with van der Waals surface area (Å²) in [7, 11) is 0. The number of carbonyl (C=O) groups is 2. The van der Waals surface area contributed by atoms with E-state index in [4.69, 9.17) is 9.47 Å². The monoisotopic (exact) mass is 418 g/mol. The number of halogens is 2. The topological polar surface area (TPSA) is 67.9 Å². The zero-order chi connectivity index (χ0) is 21.5. The summed E-state index contributed by atoms with van der Waals surface area (Å²) in [4.78, 5) is 26.2. The maximum Gasteiger partial charge on any atom is 0.254 e. The molecule has 0 saturated heterocycles. The number of amides is 2. The van der Waals surface area contributed by atoms with Crippen molar-refractivity contribution in [2.24, 2.45) is 0 Å². The fraction of sp³-hybridized carbons (Fsp3) is 0.364. The third kappa shape index (κ3) is 5.46. The molecule has 1 aliphatic rings. The van der Waals surface area contributed by atoms with Crippen molar-refractivity contribution < 1.29 is 27.8 Å². The predicted octanol–water partition coefficient (Wildman–Crippen LogP) is 3.16. The molecule has 2 aromatic rings. The molecule has 0 saturated carbocycles. The molecule has 8 heteroatoms. The minimum Gasteiger partial charge on any atom is -0.486 e. The molecule has 1 aliphatic heterocycles. The first kappa shape index (κ1) is 21.5. The van der Waals surface area contributed by atoms with Crippen LogP contribution in [0.2, 0.25) is 0 Å². The summed E-state index contributed by atoms with van der Waals surface area (Å²) in [6.45, 7) is 3.37. The quantitative estimate of drug-likeness (QED) is 0.669. The van der Waals surface area contributed by atoms with Crippen molar-refractivity contribution in [2.75, 3.05) is 26.2 Å². The summed E-state index contributed by atoms with van der Waals surface area (Å²) in [6.07, 6.45) is 0.365. The molecule has 1 N–H and O–H groups in total. The Balaban J connectivity index is 1.42. The number of benzene rings is 2. The van der Waals surface area contributed by atoms with E-state index >= 15 is 0 Å². The van der Waals surface area contributed by atoms with E-state index in [2.05, 4.69) is 5.32 Å². The van der Waals surface area contributed by atoms with Crippen LogP contribution in [0.5, 0.6) is 11.5 Å². The molecule has 1 atom stereocenters. The number of para-hydroxylation sites is 2. The SMILES string of the molecule is CCN(CC1COc2ccccc2O1)C(=O)CCCNC(=O)c1ccc(F)cc1F. The third-order valence-corrected chi connectivity index (χ3v) is 4.75. The van der Waals surface area contributed by atoms with Crippen molar-refractivity contribution in [3.63, 3.8) is 0 Å². The number of fused-ring (bicyclic) bond motifs is 1. The van der Waals surface area contributed by atoms with Gasteiger partial charge in [-0.1, -0.05) is 12.1 Å². The second-order valence-corrected chi connectivity index (χ2v) is 6.91. The summed E-state index contributed by atoms with van der Waals surface area (Å²) < 4.78 is 38.1. The zero-order valence-electron chi connectivity index (χ0n) is 16.7. The van der Waals surface area contributed by atoms with Gasteiger partial charge in [-0.15, -0.1) is 0 Å². The Hall–Kier alpha value is -3.16. The van der Waals surface area contributed by atoms with E-state index in [9.17, 15) is 18.4 Å². The normalized spacial score (nSPS) is 14.8. The Kier molecular flexibility index (Phi) is 7.21. The average molecular weight is 418 g/mol. The van der Waals surface area contributed by atoms with E-state index in [-0.39, 0.29) is 30.5 Å². The fourth-order valence-corrected chi connectivity index (χ4v) is 3.17. The molecule has 1 heterocycles. The summed E-state index contributed by atoms with van der Waals surface area (Å²) >= 11 is 0. The Morgan fingerprint density at radius 3 is 2.67 bits per heavy atom. The third-order valence-electron chi connectivity index (χ3n) is 4.75. The van der Waals surface area contributed by atoms with E-state index in [1.165, 1.54) is 0 Å². The highest BCUT2D eigenvalue weighted by molar-refractivity contribution is 5.94. The van der Waals surface area contributed by atoms with Crippen LogP contribution in [0.15, 0.2) is 42.5 Å². The Morgan fingerprint density at radius 2 is 1.93 bits per heavy atom. The van der Waals surface area contributed by atoms with Crippen LogP contribution < -0.4 is 14.8 Å². The van der Waals surface area contributed by atoms with Gasteiger partial charge in [-0.05, 0) is 37.6 Å². The van der Waals surface area contributed by atoms with Crippen LogP contribution in [0.25, 0.3) is 0 Å². The molecule has 30 heavy (non-hydrogen) atoms. The largest absolute Gasteiger partial charge is 0.486 e. The molecule has 0 fully saturated rings. The van der Waals surface area contributed by atoms with Gasteiger partial charge < -0.3 is 19.7 Å². The van der Waals surface area contributed by atoms with E-state index < -0.39 is 17.5 Å². The highest BCUT2D eigenvalue weighted by atomic mass is 19.1. The fourth-order valence-electron chi connectivity index (χ4n) is 3.17. The van der Waals surface area contributed by atoms with Gasteiger partial charge >= 0.3 is 0 Å². The molecule has 3 rings (SSSR count). The van der Waals surface area contributed by atoms with E-state index in [1.54, 1.807) is 4.90 Å². The van der Waals surface area contributed by atoms with E-state index in [0.29, 0.717) is 43.7 Å². The Labute approximate surface area is 173 Å². The van der Waals surface area contributed by atoms with Crippen molar-refractivity contribution in [3.8, 4) is 11.5 Å². The van der Waals surface area contributed by atoms with Crippen LogP contribution in [-0.4, -0.2) is 49.1 Å². The van der Waals surface area contributed by atoms with Gasteiger partial charge in [0.25, 0.3) is 5.91 Å². The van der Waals surface area contributed by atoms with Gasteiger partial charge in [-0.3, -0.25) is 9.59 Å². The number of hydrogen-bond donors (Lipinski definition) is 1. The number of nitrogens with one attached hydrogen (secondary N) is 1. The molecule has 0 spiro atoms. The first-order valence-corrected chi connectivity index (χ1v) is 9.87. The number of ether oxygens (including phenoxy) is 2. The first-order valence-electron chi connectivity index (χ1n) is 9.87. The minimum atomic E-state index is -0.919. The van der Waals surface area contributed by atoms with Crippen molar-refractivity contribution in [1.29, 1.82) is 0 Å². The number of carbonyl (C=O) groups excluding carboxylic acids is 2. The van der Waals surface area contributed by atoms with Gasteiger partial charge in [0.15, 0.2) is 17.6 Å². The van der Waals surface area contributed by atoms with Crippen LogP contribution in [-0.2, 0) is 4.79 Å². The average Bonchev–Trinajstić information content (AvgIpc) is 2.74. The summed E-state index contributed by atoms with van der Waals surface area (Å²) in [5.74, 6) is -1.02. The van der Waals surface area contributed by atoms with Crippen molar-refractivity contribution in [1.82, 2.24) is 10.2 Å².